The molecular formula is C16H15NO5. The quantitative estimate of drug-likeness (QED) is 0.465. The molecule has 0 aliphatic rings. The van der Waals surface area contributed by atoms with Crippen LogP contribution in [0.2, 0.25) is 0 Å². The number of ether oxygens (including phenoxy) is 2. The Balaban J connectivity index is 2.25. The second-order valence-corrected chi connectivity index (χ2v) is 4.81. The van der Waals surface area contributed by atoms with Gasteiger partial charge in [0.15, 0.2) is 11.9 Å². The summed E-state index contributed by atoms with van der Waals surface area (Å²) in [7, 11) is 1.56. The lowest BCUT2D eigenvalue weighted by Gasteiger charge is -2.25. The topological polar surface area (TPSA) is 78.7 Å². The lowest BCUT2D eigenvalue weighted by Crippen LogP contribution is -2.31. The van der Waals surface area contributed by atoms with Gasteiger partial charge in [-0.25, -0.2) is 0 Å². The van der Waals surface area contributed by atoms with Crippen molar-refractivity contribution in [1.29, 1.82) is 0 Å². The first-order valence-corrected chi connectivity index (χ1v) is 6.53. The molecule has 2 aromatic rings. The molecule has 2 aromatic carbocycles. The summed E-state index contributed by atoms with van der Waals surface area (Å²) in [5, 5.41) is 10.6. The van der Waals surface area contributed by atoms with Crippen LogP contribution in [0.5, 0.6) is 11.5 Å². The molecule has 0 aliphatic heterocycles. The second kappa shape index (κ2) is 6.26. The summed E-state index contributed by atoms with van der Waals surface area (Å²) in [6.07, 6.45) is 0.691. The molecule has 0 aliphatic carbocycles. The number of nitro groups is 1. The minimum atomic E-state index is -1.19. The predicted octanol–water partition coefficient (Wildman–Crippen LogP) is 3.10. The number of carbonyl (C=O) groups is 1. The Kier molecular flexibility index (Phi) is 4.41. The maximum atomic E-state index is 11.5. The van der Waals surface area contributed by atoms with E-state index in [0.717, 1.165) is 0 Å². The molecule has 1 atom stereocenters. The van der Waals surface area contributed by atoms with Crippen molar-refractivity contribution in [3.05, 3.63) is 64.2 Å². The van der Waals surface area contributed by atoms with Crippen LogP contribution >= 0.6 is 0 Å². The second-order valence-electron chi connectivity index (χ2n) is 4.81. The minimum Gasteiger partial charge on any atom is -0.497 e. The van der Waals surface area contributed by atoms with Crippen molar-refractivity contribution in [1.82, 2.24) is 0 Å². The fourth-order valence-electron chi connectivity index (χ4n) is 1.95. The number of hydrogen-bond acceptors (Lipinski definition) is 5. The number of hydrogen-bond donors (Lipinski definition) is 0. The number of non-ortho nitro benzene ring substituents is 1. The number of carbonyl (C=O) groups excluding carboxylic acids is 1. The van der Waals surface area contributed by atoms with Crippen LogP contribution in [0.3, 0.4) is 0 Å². The van der Waals surface area contributed by atoms with E-state index in [9.17, 15) is 14.9 Å². The van der Waals surface area contributed by atoms with Crippen LogP contribution in [0.1, 0.15) is 12.5 Å². The highest BCUT2D eigenvalue weighted by Crippen LogP contribution is 2.28. The van der Waals surface area contributed by atoms with Gasteiger partial charge in [-0.3, -0.25) is 14.9 Å². The van der Waals surface area contributed by atoms with E-state index in [4.69, 9.17) is 9.47 Å². The Morgan fingerprint density at radius 2 is 1.59 bits per heavy atom. The van der Waals surface area contributed by atoms with Gasteiger partial charge in [0, 0.05) is 17.7 Å². The van der Waals surface area contributed by atoms with E-state index in [1.54, 1.807) is 38.3 Å². The zero-order valence-corrected chi connectivity index (χ0v) is 12.2. The Labute approximate surface area is 127 Å². The van der Waals surface area contributed by atoms with Crippen molar-refractivity contribution in [2.75, 3.05) is 7.11 Å². The molecule has 22 heavy (non-hydrogen) atoms. The molecule has 0 saturated heterocycles. The maximum absolute atomic E-state index is 11.5. The summed E-state index contributed by atoms with van der Waals surface area (Å²) in [5.41, 5.74) is -0.575. The Hall–Kier alpha value is -2.89. The van der Waals surface area contributed by atoms with Crippen molar-refractivity contribution < 1.29 is 19.2 Å². The van der Waals surface area contributed by atoms with Crippen molar-refractivity contribution in [2.24, 2.45) is 0 Å². The largest absolute Gasteiger partial charge is 0.497 e. The number of nitrogens with zero attached hydrogens (tertiary/aromatic N) is 1. The van der Waals surface area contributed by atoms with Crippen LogP contribution in [0.25, 0.3) is 0 Å². The standard InChI is InChI=1S/C16H15NO5/c1-16(11-18,12-3-7-14(21-2)8-4-12)22-15-9-5-13(6-10-15)17(19)20/h3-11H,1-2H3/t16-/m0/s1. The lowest BCUT2D eigenvalue weighted by molar-refractivity contribution is -0.384. The summed E-state index contributed by atoms with van der Waals surface area (Å²) in [5.74, 6) is 1.04. The van der Waals surface area contributed by atoms with Gasteiger partial charge in [0.05, 0.1) is 12.0 Å². The summed E-state index contributed by atoms with van der Waals surface area (Å²) in [6.45, 7) is 1.63. The van der Waals surface area contributed by atoms with E-state index in [0.29, 0.717) is 23.3 Å². The van der Waals surface area contributed by atoms with Gasteiger partial charge in [0.2, 0.25) is 0 Å². The predicted molar refractivity (Wildman–Crippen MR) is 80.1 cm³/mol. The van der Waals surface area contributed by atoms with Gasteiger partial charge < -0.3 is 9.47 Å². The van der Waals surface area contributed by atoms with Gasteiger partial charge in [0.25, 0.3) is 5.69 Å². The van der Waals surface area contributed by atoms with Gasteiger partial charge in [-0.15, -0.1) is 0 Å². The highest BCUT2D eigenvalue weighted by Gasteiger charge is 2.28. The van der Waals surface area contributed by atoms with Crippen LogP contribution in [-0.2, 0) is 10.4 Å². The van der Waals surface area contributed by atoms with Crippen molar-refractivity contribution in [3.8, 4) is 11.5 Å². The zero-order chi connectivity index (χ0) is 16.2. The fourth-order valence-corrected chi connectivity index (χ4v) is 1.95. The highest BCUT2D eigenvalue weighted by atomic mass is 16.6. The van der Waals surface area contributed by atoms with Crippen LogP contribution in [-0.4, -0.2) is 18.3 Å². The van der Waals surface area contributed by atoms with Gasteiger partial charge >= 0.3 is 0 Å². The molecule has 6 heteroatoms. The molecule has 0 heterocycles. The normalized spacial score (nSPS) is 13.0. The van der Waals surface area contributed by atoms with Gasteiger partial charge in [-0.1, -0.05) is 12.1 Å². The Bertz CT molecular complexity index is 666. The number of benzene rings is 2. The molecule has 2 rings (SSSR count). The molecule has 0 amide bonds. The van der Waals surface area contributed by atoms with Crippen LogP contribution in [0, 0.1) is 10.1 Å². The molecule has 0 radical (unpaired) electrons. The molecule has 0 unspecified atom stereocenters. The van der Waals surface area contributed by atoms with Crippen molar-refractivity contribution in [3.63, 3.8) is 0 Å². The molecule has 0 fully saturated rings. The van der Waals surface area contributed by atoms with Gasteiger partial charge in [-0.2, -0.15) is 0 Å². The first kappa shape index (κ1) is 15.5. The van der Waals surface area contributed by atoms with E-state index in [-0.39, 0.29) is 5.69 Å². The number of methoxy groups -OCH3 is 1. The molecule has 0 bridgehead atoms. The smallest absolute Gasteiger partial charge is 0.269 e. The fraction of sp³-hybridized carbons (Fsp3) is 0.188. The average molecular weight is 301 g/mol. The summed E-state index contributed by atoms with van der Waals surface area (Å²) < 4.78 is 10.8. The summed E-state index contributed by atoms with van der Waals surface area (Å²) >= 11 is 0. The van der Waals surface area contributed by atoms with Gasteiger partial charge in [0.1, 0.15) is 11.5 Å². The minimum absolute atomic E-state index is 0.0374. The number of rotatable bonds is 6. The van der Waals surface area contributed by atoms with E-state index in [2.05, 4.69) is 0 Å². The van der Waals surface area contributed by atoms with E-state index < -0.39 is 10.5 Å². The molecule has 114 valence electrons. The SMILES string of the molecule is COc1ccc([C@](C)(C=O)Oc2ccc([N+](=O)[O-])cc2)cc1. The Morgan fingerprint density at radius 3 is 2.05 bits per heavy atom. The third-order valence-electron chi connectivity index (χ3n) is 3.27. The molecular weight excluding hydrogens is 286 g/mol. The van der Waals surface area contributed by atoms with Gasteiger partial charge in [-0.05, 0) is 31.2 Å². The molecule has 0 aromatic heterocycles. The maximum Gasteiger partial charge on any atom is 0.269 e. The third kappa shape index (κ3) is 3.22. The summed E-state index contributed by atoms with van der Waals surface area (Å²) in [4.78, 5) is 21.6. The van der Waals surface area contributed by atoms with E-state index in [1.165, 1.54) is 24.3 Å². The summed E-state index contributed by atoms with van der Waals surface area (Å²) in [6, 6.07) is 12.5. The first-order valence-electron chi connectivity index (χ1n) is 6.53. The molecule has 6 nitrogen and oxygen atoms in total. The van der Waals surface area contributed by atoms with Crippen molar-refractivity contribution in [2.45, 2.75) is 12.5 Å². The van der Waals surface area contributed by atoms with Crippen LogP contribution in [0.4, 0.5) is 5.69 Å². The molecule has 0 saturated carbocycles. The van der Waals surface area contributed by atoms with E-state index >= 15 is 0 Å². The molecule has 0 N–H and O–H groups in total. The monoisotopic (exact) mass is 301 g/mol. The van der Waals surface area contributed by atoms with Crippen LogP contribution < -0.4 is 9.47 Å². The highest BCUT2D eigenvalue weighted by molar-refractivity contribution is 5.66. The van der Waals surface area contributed by atoms with Crippen LogP contribution in [0.15, 0.2) is 48.5 Å². The third-order valence-corrected chi connectivity index (χ3v) is 3.27. The first-order chi connectivity index (χ1) is 10.5. The number of nitro benzene ring substituents is 1. The van der Waals surface area contributed by atoms with Crippen molar-refractivity contribution >= 4 is 12.0 Å². The molecule has 0 spiro atoms. The average Bonchev–Trinajstić information content (AvgIpc) is 2.55. The Morgan fingerprint density at radius 1 is 1.05 bits per heavy atom. The number of aldehydes is 1. The lowest BCUT2D eigenvalue weighted by atomic mass is 9.97. The van der Waals surface area contributed by atoms with E-state index in [1.807, 2.05) is 0 Å². The zero-order valence-electron chi connectivity index (χ0n) is 12.2.